The van der Waals surface area contributed by atoms with Crippen molar-refractivity contribution in [1.82, 2.24) is 19.5 Å². The lowest BCUT2D eigenvalue weighted by atomic mass is 10.1. The molecule has 0 fully saturated rings. The summed E-state index contributed by atoms with van der Waals surface area (Å²) in [5.41, 5.74) is 2.47. The fraction of sp³-hybridized carbons (Fsp3) is 0.0714. The fourth-order valence-electron chi connectivity index (χ4n) is 1.81. The molecule has 0 amide bonds. The van der Waals surface area contributed by atoms with Crippen molar-refractivity contribution in [3.8, 4) is 11.4 Å². The number of nitrogens with zero attached hydrogens (tertiary/aromatic N) is 4. The van der Waals surface area contributed by atoms with Crippen molar-refractivity contribution in [2.24, 2.45) is 7.05 Å². The number of benzene rings is 1. The van der Waals surface area contributed by atoms with E-state index in [1.165, 1.54) is 12.1 Å². The first kappa shape index (κ1) is 15.1. The van der Waals surface area contributed by atoms with Crippen LogP contribution in [0.5, 0.6) is 0 Å². The summed E-state index contributed by atoms with van der Waals surface area (Å²) >= 11 is 0. The zero-order valence-electron chi connectivity index (χ0n) is 11.5. The Labute approximate surface area is 124 Å². The van der Waals surface area contributed by atoms with Crippen LogP contribution in [0.25, 0.3) is 22.6 Å². The molecule has 0 aliphatic carbocycles. The molecule has 0 bridgehead atoms. The molecule has 3 rings (SSSR count). The van der Waals surface area contributed by atoms with Gasteiger partial charge in [0.25, 0.3) is 6.47 Å². The van der Waals surface area contributed by atoms with Gasteiger partial charge in [-0.25, -0.2) is 19.7 Å². The Balaban J connectivity index is 0.000000545. The molecule has 22 heavy (non-hydrogen) atoms. The van der Waals surface area contributed by atoms with Crippen LogP contribution in [0, 0.1) is 0 Å². The lowest BCUT2D eigenvalue weighted by Gasteiger charge is -2.01. The van der Waals surface area contributed by atoms with Gasteiger partial charge in [-0.15, -0.1) is 0 Å². The number of fused-ring (bicyclic) bond motifs is 1. The van der Waals surface area contributed by atoms with Crippen molar-refractivity contribution in [3.63, 3.8) is 0 Å². The first-order valence-corrected chi connectivity index (χ1v) is 6.12. The normalized spacial score (nSPS) is 9.86. The molecule has 0 atom stereocenters. The van der Waals surface area contributed by atoms with Gasteiger partial charge < -0.3 is 14.8 Å². The molecule has 3 aromatic rings. The van der Waals surface area contributed by atoms with Crippen LogP contribution >= 0.6 is 0 Å². The highest BCUT2D eigenvalue weighted by Gasteiger charge is 2.07. The first-order chi connectivity index (χ1) is 10.6. The van der Waals surface area contributed by atoms with Crippen molar-refractivity contribution >= 4 is 23.6 Å². The van der Waals surface area contributed by atoms with E-state index in [0.29, 0.717) is 11.5 Å². The number of imidazole rings is 1. The van der Waals surface area contributed by atoms with Gasteiger partial charge in [0.15, 0.2) is 11.5 Å². The number of carboxylic acid groups (broad SMARTS) is 2. The summed E-state index contributed by atoms with van der Waals surface area (Å²) in [7, 11) is 1.88. The molecule has 8 heteroatoms. The molecule has 0 radical (unpaired) electrons. The minimum Gasteiger partial charge on any atom is -0.483 e. The Morgan fingerprint density at radius 3 is 2.45 bits per heavy atom. The summed E-state index contributed by atoms with van der Waals surface area (Å²) in [6.07, 6.45) is 3.38. The van der Waals surface area contributed by atoms with E-state index in [4.69, 9.17) is 15.0 Å². The second-order valence-electron chi connectivity index (χ2n) is 4.25. The van der Waals surface area contributed by atoms with Crippen molar-refractivity contribution in [2.75, 3.05) is 0 Å². The molecule has 0 spiro atoms. The third-order valence-electron chi connectivity index (χ3n) is 2.87. The van der Waals surface area contributed by atoms with E-state index < -0.39 is 5.97 Å². The Hall–Kier alpha value is -3.29. The Morgan fingerprint density at radius 2 is 1.86 bits per heavy atom. The fourth-order valence-corrected chi connectivity index (χ4v) is 1.81. The van der Waals surface area contributed by atoms with Crippen molar-refractivity contribution < 1.29 is 19.8 Å². The third kappa shape index (κ3) is 3.06. The van der Waals surface area contributed by atoms with Crippen LogP contribution in [-0.2, 0) is 11.8 Å². The predicted molar refractivity (Wildman–Crippen MR) is 77.4 cm³/mol. The highest BCUT2D eigenvalue weighted by Crippen LogP contribution is 2.18. The van der Waals surface area contributed by atoms with E-state index in [2.05, 4.69) is 15.0 Å². The maximum absolute atomic E-state index is 10.8. The lowest BCUT2D eigenvalue weighted by molar-refractivity contribution is -0.122. The summed E-state index contributed by atoms with van der Waals surface area (Å²) < 4.78 is 1.84. The molecule has 1 aromatic carbocycles. The molecule has 112 valence electrons. The maximum Gasteiger partial charge on any atom is 0.335 e. The van der Waals surface area contributed by atoms with Crippen LogP contribution in [0.2, 0.25) is 0 Å². The largest absolute Gasteiger partial charge is 0.483 e. The monoisotopic (exact) mass is 300 g/mol. The zero-order chi connectivity index (χ0) is 16.1. The number of aryl methyl sites for hydroxylation is 1. The van der Waals surface area contributed by atoms with Crippen LogP contribution in [-0.4, -0.2) is 42.2 Å². The Morgan fingerprint density at radius 1 is 1.23 bits per heavy atom. The zero-order valence-corrected chi connectivity index (χ0v) is 11.5. The van der Waals surface area contributed by atoms with Gasteiger partial charge in [0, 0.05) is 12.6 Å². The lowest BCUT2D eigenvalue weighted by Crippen LogP contribution is -1.96. The molecule has 2 N–H and O–H groups in total. The molecule has 0 saturated heterocycles. The number of aromatic carboxylic acids is 1. The predicted octanol–water partition coefficient (Wildman–Crippen LogP) is 1.43. The molecule has 0 aliphatic rings. The quantitative estimate of drug-likeness (QED) is 0.687. The van der Waals surface area contributed by atoms with Crippen LogP contribution in [0.3, 0.4) is 0 Å². The van der Waals surface area contributed by atoms with E-state index in [1.807, 2.05) is 11.6 Å². The van der Waals surface area contributed by atoms with Gasteiger partial charge in [-0.1, -0.05) is 12.1 Å². The van der Waals surface area contributed by atoms with Crippen LogP contribution in [0.15, 0.2) is 36.8 Å². The van der Waals surface area contributed by atoms with Gasteiger partial charge in [-0.05, 0) is 12.1 Å². The van der Waals surface area contributed by atoms with E-state index >= 15 is 0 Å². The number of hydrogen-bond donors (Lipinski definition) is 2. The maximum atomic E-state index is 10.8. The van der Waals surface area contributed by atoms with Crippen LogP contribution in [0.1, 0.15) is 10.4 Å². The van der Waals surface area contributed by atoms with Gasteiger partial charge in [0.05, 0.1) is 18.1 Å². The summed E-state index contributed by atoms with van der Waals surface area (Å²) in [6.45, 7) is -0.250. The molecule has 0 aliphatic heterocycles. The van der Waals surface area contributed by atoms with E-state index in [9.17, 15) is 4.79 Å². The van der Waals surface area contributed by atoms with Crippen LogP contribution < -0.4 is 0 Å². The second kappa shape index (κ2) is 6.44. The standard InChI is InChI=1S/C13H10N4O2.CH2O2/c1-17-7-15-12-10(17)6-14-11(16-12)8-2-4-9(5-3-8)13(18)19;2-1-3/h2-7H,1H3,(H,18,19);1H,(H,2,3). The van der Waals surface area contributed by atoms with E-state index in [0.717, 1.165) is 11.1 Å². The smallest absolute Gasteiger partial charge is 0.335 e. The van der Waals surface area contributed by atoms with Gasteiger partial charge in [-0.2, -0.15) is 0 Å². The van der Waals surface area contributed by atoms with Crippen molar-refractivity contribution in [1.29, 1.82) is 0 Å². The first-order valence-electron chi connectivity index (χ1n) is 6.12. The molecule has 0 unspecified atom stereocenters. The number of rotatable bonds is 2. The average molecular weight is 300 g/mol. The number of aromatic nitrogens is 4. The molecule has 8 nitrogen and oxygen atoms in total. The van der Waals surface area contributed by atoms with Gasteiger partial charge >= 0.3 is 5.97 Å². The minimum absolute atomic E-state index is 0.239. The minimum atomic E-state index is -0.951. The summed E-state index contributed by atoms with van der Waals surface area (Å²) in [5, 5.41) is 15.7. The van der Waals surface area contributed by atoms with Crippen LogP contribution in [0.4, 0.5) is 0 Å². The molecule has 0 saturated carbocycles. The van der Waals surface area contributed by atoms with Crippen molar-refractivity contribution in [3.05, 3.63) is 42.4 Å². The summed E-state index contributed by atoms with van der Waals surface area (Å²) in [6, 6.07) is 6.44. The van der Waals surface area contributed by atoms with Gasteiger partial charge in [0.2, 0.25) is 0 Å². The van der Waals surface area contributed by atoms with Gasteiger partial charge in [0.1, 0.15) is 5.52 Å². The van der Waals surface area contributed by atoms with E-state index in [1.54, 1.807) is 24.7 Å². The third-order valence-corrected chi connectivity index (χ3v) is 2.87. The topological polar surface area (TPSA) is 118 Å². The second-order valence-corrected chi connectivity index (χ2v) is 4.25. The summed E-state index contributed by atoms with van der Waals surface area (Å²) in [5.74, 6) is -0.421. The average Bonchev–Trinajstić information content (AvgIpc) is 2.89. The molecular formula is C14H12N4O4. The highest BCUT2D eigenvalue weighted by molar-refractivity contribution is 5.88. The van der Waals surface area contributed by atoms with Gasteiger partial charge in [-0.3, -0.25) is 4.79 Å². The van der Waals surface area contributed by atoms with E-state index in [-0.39, 0.29) is 12.0 Å². The number of carboxylic acids is 1. The SMILES string of the molecule is Cn1cnc2nc(-c3ccc(C(=O)O)cc3)ncc21.O=CO. The number of carbonyl (C=O) groups is 2. The highest BCUT2D eigenvalue weighted by atomic mass is 16.4. The molecular weight excluding hydrogens is 288 g/mol. The molecule has 2 heterocycles. The van der Waals surface area contributed by atoms with Crippen molar-refractivity contribution in [2.45, 2.75) is 0 Å². The Bertz CT molecular complexity index is 811. The molecule has 2 aromatic heterocycles. The number of hydrogen-bond acceptors (Lipinski definition) is 5. The Kier molecular flexibility index (Phi) is 4.42. The summed E-state index contributed by atoms with van der Waals surface area (Å²) in [4.78, 5) is 31.9.